The highest BCUT2D eigenvalue weighted by atomic mass is 32.2. The van der Waals surface area contributed by atoms with Crippen molar-refractivity contribution in [2.45, 2.75) is 10.9 Å². The van der Waals surface area contributed by atoms with Crippen LogP contribution in [0.2, 0.25) is 0 Å². The number of nitrogen functional groups attached to an aromatic ring is 1. The molecule has 1 aromatic heterocycles. The predicted octanol–water partition coefficient (Wildman–Crippen LogP) is 2.19. The van der Waals surface area contributed by atoms with E-state index in [2.05, 4.69) is 9.97 Å². The van der Waals surface area contributed by atoms with E-state index in [1.54, 1.807) is 30.6 Å². The molecule has 0 saturated heterocycles. The lowest BCUT2D eigenvalue weighted by atomic mass is 10.1. The summed E-state index contributed by atoms with van der Waals surface area (Å²) in [4.78, 5) is 8.09. The van der Waals surface area contributed by atoms with Crippen molar-refractivity contribution in [1.82, 2.24) is 9.97 Å². The summed E-state index contributed by atoms with van der Waals surface area (Å²) < 4.78 is 14.0. The third-order valence-corrected chi connectivity index (χ3v) is 3.19. The number of rotatable bonds is 4. The number of halogens is 1. The summed E-state index contributed by atoms with van der Waals surface area (Å²) in [5.41, 5.74) is 5.92. The molecule has 3 N–H and O–H groups in total. The average molecular weight is 262 g/mol. The van der Waals surface area contributed by atoms with Gasteiger partial charge in [0.2, 0.25) is 0 Å². The number of nitrogens with two attached hydrogens (primary N) is 1. The second-order valence-corrected chi connectivity index (χ2v) is 4.45. The summed E-state index contributed by atoms with van der Waals surface area (Å²) in [5, 5.41) is 7.86. The second-order valence-electron chi connectivity index (χ2n) is 3.51. The number of hydrogen-bond donors (Lipinski definition) is 2. The molecule has 0 bridgehead atoms. The highest BCUT2D eigenvalue weighted by Crippen LogP contribution is 2.22. The Morgan fingerprint density at radius 2 is 2.00 bits per heavy atom. The molecule has 1 aromatic carbocycles. The number of nitrogens with zero attached hydrogens (tertiary/aromatic N) is 2. The Bertz CT molecular complexity index is 559. The first-order valence-corrected chi connectivity index (χ1v) is 6.18. The van der Waals surface area contributed by atoms with Crippen LogP contribution in [0.5, 0.6) is 0 Å². The fourth-order valence-corrected chi connectivity index (χ4v) is 2.18. The molecule has 0 aliphatic carbocycles. The van der Waals surface area contributed by atoms with Crippen LogP contribution in [-0.4, -0.2) is 15.8 Å². The van der Waals surface area contributed by atoms with E-state index in [0.29, 0.717) is 16.5 Å². The molecular weight excluding hydrogens is 251 g/mol. The van der Waals surface area contributed by atoms with Crippen molar-refractivity contribution in [2.75, 3.05) is 0 Å². The minimum Gasteiger partial charge on any atom is -0.384 e. The fourth-order valence-electron chi connectivity index (χ4n) is 1.40. The first-order valence-electron chi connectivity index (χ1n) is 5.20. The lowest BCUT2D eigenvalue weighted by molar-refractivity contribution is 0.614. The van der Waals surface area contributed by atoms with Gasteiger partial charge in [-0.3, -0.25) is 5.41 Å². The monoisotopic (exact) mass is 262 g/mol. The first-order chi connectivity index (χ1) is 8.68. The van der Waals surface area contributed by atoms with Crippen LogP contribution in [0.3, 0.4) is 0 Å². The summed E-state index contributed by atoms with van der Waals surface area (Å²) >= 11 is 1.33. The highest BCUT2D eigenvalue weighted by molar-refractivity contribution is 7.98. The van der Waals surface area contributed by atoms with Crippen molar-refractivity contribution < 1.29 is 4.39 Å². The Hall–Kier alpha value is -1.95. The number of aromatic nitrogens is 2. The Morgan fingerprint density at radius 3 is 2.67 bits per heavy atom. The van der Waals surface area contributed by atoms with Gasteiger partial charge >= 0.3 is 0 Å². The molecule has 0 amide bonds. The molecule has 0 spiro atoms. The zero-order chi connectivity index (χ0) is 13.0. The van der Waals surface area contributed by atoms with Gasteiger partial charge in [0, 0.05) is 18.1 Å². The van der Waals surface area contributed by atoms with Gasteiger partial charge in [-0.15, -0.1) is 0 Å². The number of amidine groups is 1. The lowest BCUT2D eigenvalue weighted by Crippen LogP contribution is -2.14. The number of thioether (sulfide) groups is 1. The maximum absolute atomic E-state index is 14.0. The van der Waals surface area contributed by atoms with E-state index < -0.39 is 5.82 Å². The van der Waals surface area contributed by atoms with Crippen LogP contribution in [-0.2, 0) is 5.75 Å². The van der Waals surface area contributed by atoms with Crippen molar-refractivity contribution >= 4 is 17.6 Å². The quantitative estimate of drug-likeness (QED) is 0.383. The topological polar surface area (TPSA) is 75.7 Å². The largest absolute Gasteiger partial charge is 0.384 e. The van der Waals surface area contributed by atoms with Gasteiger partial charge in [-0.1, -0.05) is 23.9 Å². The van der Waals surface area contributed by atoms with Crippen molar-refractivity contribution in [3.63, 3.8) is 0 Å². The molecular formula is C12H11FN4S. The molecule has 2 aromatic rings. The van der Waals surface area contributed by atoms with Crippen LogP contribution in [0.15, 0.2) is 41.8 Å². The molecule has 0 saturated carbocycles. The van der Waals surface area contributed by atoms with Crippen molar-refractivity contribution in [2.24, 2.45) is 5.73 Å². The van der Waals surface area contributed by atoms with Crippen LogP contribution >= 0.6 is 11.8 Å². The zero-order valence-corrected chi connectivity index (χ0v) is 10.2. The maximum Gasteiger partial charge on any atom is 0.187 e. The molecule has 0 unspecified atom stereocenters. The van der Waals surface area contributed by atoms with E-state index >= 15 is 0 Å². The second kappa shape index (κ2) is 5.59. The number of benzene rings is 1. The van der Waals surface area contributed by atoms with Crippen LogP contribution in [0.4, 0.5) is 4.39 Å². The van der Waals surface area contributed by atoms with Crippen molar-refractivity contribution in [3.05, 3.63) is 53.6 Å². The summed E-state index contributed by atoms with van der Waals surface area (Å²) in [5.74, 6) is -0.319. The van der Waals surface area contributed by atoms with Gasteiger partial charge < -0.3 is 5.73 Å². The Morgan fingerprint density at radius 1 is 1.28 bits per heavy atom. The third kappa shape index (κ3) is 2.84. The SMILES string of the molecule is N=C(N)c1cccc(CSc2ncccn2)c1F. The highest BCUT2D eigenvalue weighted by Gasteiger charge is 2.10. The molecule has 0 aliphatic rings. The molecule has 0 aliphatic heterocycles. The van der Waals surface area contributed by atoms with E-state index in [1.807, 2.05) is 0 Å². The average Bonchev–Trinajstić information content (AvgIpc) is 2.38. The third-order valence-electron chi connectivity index (χ3n) is 2.27. The van der Waals surface area contributed by atoms with E-state index in [0.717, 1.165) is 0 Å². The minimum atomic E-state index is -0.451. The van der Waals surface area contributed by atoms with Crippen molar-refractivity contribution in [3.8, 4) is 0 Å². The van der Waals surface area contributed by atoms with Gasteiger partial charge in [-0.05, 0) is 17.7 Å². The van der Waals surface area contributed by atoms with Gasteiger partial charge in [0.1, 0.15) is 11.7 Å². The Balaban J connectivity index is 2.15. The van der Waals surface area contributed by atoms with Crippen molar-refractivity contribution in [1.29, 1.82) is 5.41 Å². The maximum atomic E-state index is 14.0. The molecule has 1 heterocycles. The Labute approximate surface area is 108 Å². The summed E-state index contributed by atoms with van der Waals surface area (Å²) in [6.07, 6.45) is 3.27. The van der Waals surface area contributed by atoms with Gasteiger partial charge in [-0.25, -0.2) is 14.4 Å². The standard InChI is InChI=1S/C12H11FN4S/c13-10-8(3-1-4-9(10)11(14)15)7-18-12-16-5-2-6-17-12/h1-6H,7H2,(H3,14,15). The smallest absolute Gasteiger partial charge is 0.187 e. The van der Waals surface area contributed by atoms with Gasteiger partial charge in [-0.2, -0.15) is 0 Å². The molecule has 2 rings (SSSR count). The van der Waals surface area contributed by atoms with E-state index in [1.165, 1.54) is 17.8 Å². The molecule has 18 heavy (non-hydrogen) atoms. The predicted molar refractivity (Wildman–Crippen MR) is 69.0 cm³/mol. The van der Waals surface area contributed by atoms with E-state index in [-0.39, 0.29) is 11.4 Å². The normalized spacial score (nSPS) is 10.3. The Kier molecular flexibility index (Phi) is 3.88. The summed E-state index contributed by atoms with van der Waals surface area (Å²) in [6, 6.07) is 6.56. The van der Waals surface area contributed by atoms with Gasteiger partial charge in [0.05, 0.1) is 5.56 Å². The van der Waals surface area contributed by atoms with Crippen LogP contribution < -0.4 is 5.73 Å². The molecule has 6 heteroatoms. The van der Waals surface area contributed by atoms with Gasteiger partial charge in [0.25, 0.3) is 0 Å². The molecule has 4 nitrogen and oxygen atoms in total. The molecule has 0 fully saturated rings. The minimum absolute atomic E-state index is 0.127. The lowest BCUT2D eigenvalue weighted by Gasteiger charge is -2.06. The van der Waals surface area contributed by atoms with Crippen LogP contribution in [0.1, 0.15) is 11.1 Å². The fraction of sp³-hybridized carbons (Fsp3) is 0.0833. The van der Waals surface area contributed by atoms with E-state index in [4.69, 9.17) is 11.1 Å². The molecule has 0 radical (unpaired) electrons. The number of nitrogens with one attached hydrogen (secondary N) is 1. The zero-order valence-electron chi connectivity index (χ0n) is 9.43. The summed E-state index contributed by atoms with van der Waals surface area (Å²) in [7, 11) is 0. The molecule has 92 valence electrons. The van der Waals surface area contributed by atoms with Crippen LogP contribution in [0, 0.1) is 11.2 Å². The van der Waals surface area contributed by atoms with Crippen LogP contribution in [0.25, 0.3) is 0 Å². The number of hydrogen-bond acceptors (Lipinski definition) is 4. The molecule has 0 atom stereocenters. The van der Waals surface area contributed by atoms with Gasteiger partial charge in [0.15, 0.2) is 5.16 Å². The first kappa shape index (κ1) is 12.5. The summed E-state index contributed by atoms with van der Waals surface area (Å²) in [6.45, 7) is 0. The van der Waals surface area contributed by atoms with E-state index in [9.17, 15) is 4.39 Å².